The van der Waals surface area contributed by atoms with Crippen LogP contribution in [0.5, 0.6) is 0 Å². The average Bonchev–Trinajstić information content (AvgIpc) is 3.17. The van der Waals surface area contributed by atoms with E-state index in [9.17, 15) is 4.55 Å². The summed E-state index contributed by atoms with van der Waals surface area (Å²) < 4.78 is 17.1. The van der Waals surface area contributed by atoms with E-state index in [4.69, 9.17) is 33.2 Å². The normalized spacial score (nSPS) is 21.5. The van der Waals surface area contributed by atoms with E-state index in [1.807, 2.05) is 18.3 Å². The molecule has 0 radical (unpaired) electrons. The van der Waals surface area contributed by atoms with Gasteiger partial charge in [-0.1, -0.05) is 48.7 Å². The van der Waals surface area contributed by atoms with Gasteiger partial charge in [-0.15, -0.1) is 4.72 Å². The topological polar surface area (TPSA) is 64.1 Å². The predicted molar refractivity (Wildman–Crippen MR) is 147 cm³/mol. The molecule has 2 fully saturated rings. The van der Waals surface area contributed by atoms with Crippen molar-refractivity contribution in [3.63, 3.8) is 0 Å². The third-order valence-electron chi connectivity index (χ3n) is 7.52. The van der Waals surface area contributed by atoms with Crippen molar-refractivity contribution in [3.05, 3.63) is 38.1 Å². The van der Waals surface area contributed by atoms with Crippen molar-refractivity contribution in [3.8, 4) is 11.3 Å². The van der Waals surface area contributed by atoms with Crippen LogP contribution in [0.15, 0.2) is 24.4 Å². The van der Waals surface area contributed by atoms with Crippen LogP contribution in [0.25, 0.3) is 11.3 Å². The molecule has 0 bridgehead atoms. The summed E-state index contributed by atoms with van der Waals surface area (Å²) in [5.41, 5.74) is 1.78. The molecule has 1 saturated heterocycles. The molecule has 1 aromatic heterocycles. The smallest absolute Gasteiger partial charge is 0.148 e. The molecular formula is C24H31Cl2IN4OS. The van der Waals surface area contributed by atoms with E-state index in [-0.39, 0.29) is 10.2 Å². The fraction of sp³-hybridized carbons (Fsp3) is 0.583. The highest BCUT2D eigenvalue weighted by Crippen LogP contribution is 2.47. The van der Waals surface area contributed by atoms with Gasteiger partial charge in [0.2, 0.25) is 0 Å². The highest BCUT2D eigenvalue weighted by molar-refractivity contribution is 14.1. The van der Waals surface area contributed by atoms with Gasteiger partial charge in [-0.05, 0) is 80.0 Å². The molecule has 2 aliphatic rings. The van der Waals surface area contributed by atoms with Crippen LogP contribution in [0.2, 0.25) is 10.0 Å². The van der Waals surface area contributed by atoms with E-state index in [1.54, 1.807) is 6.07 Å². The lowest BCUT2D eigenvalue weighted by molar-refractivity contribution is 0.186. The molecule has 1 saturated carbocycles. The molecular weight excluding hydrogens is 590 g/mol. The van der Waals surface area contributed by atoms with Crippen molar-refractivity contribution in [2.45, 2.75) is 70.1 Å². The van der Waals surface area contributed by atoms with Crippen molar-refractivity contribution in [2.75, 3.05) is 18.0 Å². The lowest BCUT2D eigenvalue weighted by Gasteiger charge is -2.44. The summed E-state index contributed by atoms with van der Waals surface area (Å²) >= 11 is 13.8. The number of aromatic nitrogens is 2. The minimum atomic E-state index is -1.03. The maximum atomic E-state index is 12.9. The molecule has 180 valence electrons. The van der Waals surface area contributed by atoms with Gasteiger partial charge in [-0.2, -0.15) is 0 Å². The van der Waals surface area contributed by atoms with Gasteiger partial charge in [0.1, 0.15) is 20.0 Å². The summed E-state index contributed by atoms with van der Waals surface area (Å²) in [6.45, 7) is 8.15. The van der Waals surface area contributed by atoms with Gasteiger partial charge in [0.25, 0.3) is 0 Å². The Morgan fingerprint density at radius 3 is 2.67 bits per heavy atom. The number of rotatable bonds is 6. The first-order chi connectivity index (χ1) is 15.7. The third-order valence-corrected chi connectivity index (χ3v) is 10.9. The van der Waals surface area contributed by atoms with Gasteiger partial charge in [-0.3, -0.25) is 0 Å². The number of piperidine rings is 1. The Labute approximate surface area is 223 Å². The van der Waals surface area contributed by atoms with Crippen LogP contribution in [0.4, 0.5) is 5.82 Å². The molecule has 0 unspecified atom stereocenters. The van der Waals surface area contributed by atoms with Crippen LogP contribution >= 0.6 is 45.8 Å². The van der Waals surface area contributed by atoms with E-state index < -0.39 is 11.4 Å². The Morgan fingerprint density at radius 2 is 2.00 bits per heavy atom. The van der Waals surface area contributed by atoms with Crippen LogP contribution in [0.1, 0.15) is 59.3 Å². The number of hydrogen-bond acceptors (Lipinski definition) is 5. The van der Waals surface area contributed by atoms with E-state index >= 15 is 0 Å². The van der Waals surface area contributed by atoms with E-state index in [1.165, 1.54) is 12.8 Å². The second-order valence-electron chi connectivity index (χ2n) is 9.76. The number of hydrogen-bond donors (Lipinski definition) is 1. The molecule has 1 spiro atoms. The zero-order valence-electron chi connectivity index (χ0n) is 19.3. The summed E-state index contributed by atoms with van der Waals surface area (Å²) in [4.78, 5) is 11.9. The average molecular weight is 621 g/mol. The molecule has 4 rings (SSSR count). The van der Waals surface area contributed by atoms with Gasteiger partial charge in [0, 0.05) is 30.0 Å². The number of nitrogens with one attached hydrogen (secondary N) is 1. The molecule has 1 aliphatic heterocycles. The van der Waals surface area contributed by atoms with Crippen LogP contribution < -0.4 is 9.62 Å². The first kappa shape index (κ1) is 25.8. The number of anilines is 1. The summed E-state index contributed by atoms with van der Waals surface area (Å²) in [7, 11) is 0. The Hall–Kier alpha value is -0.320. The lowest BCUT2D eigenvalue weighted by atomic mass is 9.74. The van der Waals surface area contributed by atoms with Gasteiger partial charge >= 0.3 is 0 Å². The molecule has 0 amide bonds. The highest BCUT2D eigenvalue weighted by Gasteiger charge is 2.48. The predicted octanol–water partition coefficient (Wildman–Crippen LogP) is 6.64. The monoisotopic (exact) mass is 620 g/mol. The van der Waals surface area contributed by atoms with Gasteiger partial charge < -0.3 is 9.45 Å². The maximum Gasteiger partial charge on any atom is 0.148 e. The largest absolute Gasteiger partial charge is 0.598 e. The van der Waals surface area contributed by atoms with Gasteiger partial charge in [0.05, 0.1) is 22.3 Å². The molecule has 1 aromatic carbocycles. The Balaban J connectivity index is 1.45. The van der Waals surface area contributed by atoms with Crippen LogP contribution in [-0.4, -0.2) is 38.4 Å². The molecule has 2 aromatic rings. The highest BCUT2D eigenvalue weighted by atomic mass is 127. The standard InChI is InChI=1S/C24H31Cl2IN4OS/c1-4-23(2,3)33(32)30-18-9-6-10-24(18)11-13-31(14-12-24)19-15-28-21(22(27)29-19)16-7-5-8-17(25)20(16)26/h5,7-8,15,18,30H,4,6,9-14H2,1-3H3/t18-,33-/m1/s1. The minimum Gasteiger partial charge on any atom is -0.598 e. The quantitative estimate of drug-likeness (QED) is 0.290. The molecule has 33 heavy (non-hydrogen) atoms. The van der Waals surface area contributed by atoms with Gasteiger partial charge in [0.15, 0.2) is 0 Å². The fourth-order valence-electron chi connectivity index (χ4n) is 4.90. The molecule has 5 nitrogen and oxygen atoms in total. The fourth-order valence-corrected chi connectivity index (χ4v) is 7.17. The van der Waals surface area contributed by atoms with Gasteiger partial charge in [-0.25, -0.2) is 9.97 Å². The van der Waals surface area contributed by atoms with E-state index in [2.05, 4.69) is 53.0 Å². The Kier molecular flexibility index (Phi) is 8.08. The molecule has 1 N–H and O–H groups in total. The molecule has 1 aliphatic carbocycles. The van der Waals surface area contributed by atoms with Crippen molar-refractivity contribution < 1.29 is 4.55 Å². The number of benzene rings is 1. The second kappa shape index (κ2) is 10.3. The minimum absolute atomic E-state index is 0.204. The summed E-state index contributed by atoms with van der Waals surface area (Å²) in [5, 5.41) is 1.02. The molecule has 2 atom stereocenters. The van der Waals surface area contributed by atoms with Crippen molar-refractivity contribution in [1.82, 2.24) is 14.7 Å². The zero-order chi connectivity index (χ0) is 23.8. The maximum absolute atomic E-state index is 12.9. The Morgan fingerprint density at radius 1 is 1.27 bits per heavy atom. The van der Waals surface area contributed by atoms with Crippen molar-refractivity contribution in [1.29, 1.82) is 0 Å². The first-order valence-electron chi connectivity index (χ1n) is 11.6. The first-order valence-corrected chi connectivity index (χ1v) is 14.6. The van der Waals surface area contributed by atoms with E-state index in [0.717, 1.165) is 59.5 Å². The zero-order valence-corrected chi connectivity index (χ0v) is 23.8. The molecule has 9 heteroatoms. The number of halogens is 3. The number of nitrogens with zero attached hydrogens (tertiary/aromatic N) is 3. The van der Waals surface area contributed by atoms with Crippen molar-refractivity contribution >= 4 is 63.0 Å². The van der Waals surface area contributed by atoms with Crippen LogP contribution in [0.3, 0.4) is 0 Å². The summed E-state index contributed by atoms with van der Waals surface area (Å²) in [6, 6.07) is 5.89. The molecule has 2 heterocycles. The van der Waals surface area contributed by atoms with Crippen molar-refractivity contribution in [2.24, 2.45) is 5.41 Å². The van der Waals surface area contributed by atoms with Crippen LogP contribution in [-0.2, 0) is 11.4 Å². The lowest BCUT2D eigenvalue weighted by Crippen LogP contribution is -2.53. The Bertz CT molecular complexity index is 1000. The summed E-state index contributed by atoms with van der Waals surface area (Å²) in [5.74, 6) is 0.898. The second-order valence-corrected chi connectivity index (χ2v) is 13.4. The third kappa shape index (κ3) is 5.28. The van der Waals surface area contributed by atoms with Crippen LogP contribution in [0, 0.1) is 9.12 Å². The summed E-state index contributed by atoms with van der Waals surface area (Å²) in [6.07, 6.45) is 8.41. The SMILES string of the molecule is CCC(C)(C)[S@@+]([O-])N[C@@H]1CCCC12CCN(c1cnc(-c3cccc(Cl)c3Cl)c(I)n1)CC2. The van der Waals surface area contributed by atoms with E-state index in [0.29, 0.717) is 16.1 Å².